The Hall–Kier alpha value is -2.43. The molecular formula is C25H18ClN3O2S4. The predicted molar refractivity (Wildman–Crippen MR) is 150 cm³/mol. The number of fused-ring (bicyclic) bond motifs is 1. The second-order valence-electron chi connectivity index (χ2n) is 7.63. The van der Waals surface area contributed by atoms with Gasteiger partial charge in [-0.3, -0.25) is 19.1 Å². The fourth-order valence-electron chi connectivity index (χ4n) is 3.58. The molecule has 1 fully saturated rings. The summed E-state index contributed by atoms with van der Waals surface area (Å²) in [6.45, 7) is 0.221. The third kappa shape index (κ3) is 5.39. The number of imidazole rings is 1. The molecule has 0 saturated carbocycles. The summed E-state index contributed by atoms with van der Waals surface area (Å²) in [7, 11) is 0. The van der Waals surface area contributed by atoms with E-state index in [0.717, 1.165) is 21.5 Å². The van der Waals surface area contributed by atoms with Crippen molar-refractivity contribution in [1.29, 1.82) is 0 Å². The summed E-state index contributed by atoms with van der Waals surface area (Å²) in [5.74, 6) is 0.360. The van der Waals surface area contributed by atoms with E-state index >= 15 is 0 Å². The van der Waals surface area contributed by atoms with Gasteiger partial charge < -0.3 is 0 Å². The third-order valence-electron chi connectivity index (χ3n) is 5.30. The number of para-hydroxylation sites is 2. The van der Waals surface area contributed by atoms with Crippen LogP contribution in [-0.2, 0) is 10.5 Å². The number of aromatic nitrogens is 2. The number of rotatable bonds is 7. The molecule has 0 bridgehead atoms. The van der Waals surface area contributed by atoms with Gasteiger partial charge in [-0.1, -0.05) is 77.7 Å². The minimum absolute atomic E-state index is 0.131. The highest BCUT2D eigenvalue weighted by molar-refractivity contribution is 8.26. The first-order valence-electron chi connectivity index (χ1n) is 10.7. The number of carbonyl (C=O) groups is 2. The second kappa shape index (κ2) is 10.7. The number of nitrogens with zero attached hydrogens (tertiary/aromatic N) is 3. The molecule has 10 heteroatoms. The maximum absolute atomic E-state index is 13.4. The Morgan fingerprint density at radius 3 is 2.69 bits per heavy atom. The normalized spacial score (nSPS) is 15.0. The van der Waals surface area contributed by atoms with Crippen LogP contribution in [0.15, 0.2) is 76.1 Å². The van der Waals surface area contributed by atoms with E-state index in [9.17, 15) is 9.59 Å². The Bertz CT molecular complexity index is 1450. The monoisotopic (exact) mass is 555 g/mol. The fraction of sp³-hybridized carbons (Fsp3) is 0.120. The van der Waals surface area contributed by atoms with E-state index in [1.54, 1.807) is 15.9 Å². The molecule has 1 aliphatic heterocycles. The number of thiocarbonyl (C=S) groups is 1. The smallest absolute Gasteiger partial charge is 0.266 e. The van der Waals surface area contributed by atoms with Crippen LogP contribution < -0.4 is 0 Å². The van der Waals surface area contributed by atoms with E-state index in [1.807, 2.05) is 72.1 Å². The van der Waals surface area contributed by atoms with Gasteiger partial charge in [-0.2, -0.15) is 0 Å². The van der Waals surface area contributed by atoms with Crippen molar-refractivity contribution in [3.63, 3.8) is 0 Å². The van der Waals surface area contributed by atoms with Gasteiger partial charge in [0.25, 0.3) is 5.91 Å². The molecule has 0 radical (unpaired) electrons. The molecule has 1 saturated heterocycles. The number of benzene rings is 2. The molecular weight excluding hydrogens is 538 g/mol. The number of amides is 1. The van der Waals surface area contributed by atoms with E-state index < -0.39 is 0 Å². The molecule has 0 unspecified atom stereocenters. The average molecular weight is 556 g/mol. The molecule has 5 rings (SSSR count). The van der Waals surface area contributed by atoms with Crippen LogP contribution in [0.4, 0.5) is 0 Å². The van der Waals surface area contributed by atoms with Crippen molar-refractivity contribution < 1.29 is 9.59 Å². The minimum Gasteiger partial charge on any atom is -0.292 e. The van der Waals surface area contributed by atoms with Crippen molar-refractivity contribution in [3.8, 4) is 0 Å². The standard InChI is InChI=1S/C25H18ClN3O2S4/c26-17-9-7-16(8-10-17)15-34-24-27-19-5-1-2-6-20(19)29(24)22(30)11-12-28-23(31)21(35-25(28)32)14-18-4-3-13-33-18/h1-10,13-14H,11-12,15H2/b21-14+. The zero-order valence-electron chi connectivity index (χ0n) is 18.2. The molecule has 1 amide bonds. The van der Waals surface area contributed by atoms with Crippen LogP contribution in [0.3, 0.4) is 0 Å². The zero-order chi connectivity index (χ0) is 24.4. The number of thioether (sulfide) groups is 2. The molecule has 2 aromatic carbocycles. The largest absolute Gasteiger partial charge is 0.292 e. The molecule has 3 heterocycles. The summed E-state index contributed by atoms with van der Waals surface area (Å²) in [4.78, 5) is 34.1. The van der Waals surface area contributed by atoms with Crippen LogP contribution in [0, 0.1) is 0 Å². The lowest BCUT2D eigenvalue weighted by Gasteiger charge is -2.14. The maximum Gasteiger partial charge on any atom is 0.266 e. The summed E-state index contributed by atoms with van der Waals surface area (Å²) in [6, 6.07) is 19.1. The zero-order valence-corrected chi connectivity index (χ0v) is 22.2. The van der Waals surface area contributed by atoms with Crippen molar-refractivity contribution in [2.75, 3.05) is 6.54 Å². The highest BCUT2D eigenvalue weighted by Gasteiger charge is 2.32. The van der Waals surface area contributed by atoms with Gasteiger partial charge in [0.05, 0.1) is 15.9 Å². The van der Waals surface area contributed by atoms with Gasteiger partial charge in [0.1, 0.15) is 4.32 Å². The van der Waals surface area contributed by atoms with Crippen LogP contribution in [-0.4, -0.2) is 37.1 Å². The first-order valence-corrected chi connectivity index (χ1v) is 14.1. The van der Waals surface area contributed by atoms with Crippen LogP contribution in [0.5, 0.6) is 0 Å². The van der Waals surface area contributed by atoms with E-state index in [2.05, 4.69) is 0 Å². The Morgan fingerprint density at radius 2 is 1.91 bits per heavy atom. The fourth-order valence-corrected chi connectivity index (χ4v) is 6.72. The number of carbonyl (C=O) groups excluding carboxylic acids is 2. The topological polar surface area (TPSA) is 55.2 Å². The first kappa shape index (κ1) is 24.3. The van der Waals surface area contributed by atoms with Gasteiger partial charge in [0, 0.05) is 28.6 Å². The van der Waals surface area contributed by atoms with Gasteiger partial charge in [-0.25, -0.2) is 4.98 Å². The van der Waals surface area contributed by atoms with Gasteiger partial charge >= 0.3 is 0 Å². The Kier molecular flexibility index (Phi) is 7.40. The van der Waals surface area contributed by atoms with Gasteiger partial charge in [0.15, 0.2) is 5.16 Å². The lowest BCUT2D eigenvalue weighted by molar-refractivity contribution is -0.122. The van der Waals surface area contributed by atoms with Crippen molar-refractivity contribution >= 4 is 91.9 Å². The van der Waals surface area contributed by atoms with E-state index in [0.29, 0.717) is 25.2 Å². The molecule has 0 aliphatic carbocycles. The molecule has 1 aliphatic rings. The van der Waals surface area contributed by atoms with Crippen LogP contribution >= 0.6 is 58.7 Å². The number of hydrogen-bond donors (Lipinski definition) is 0. The van der Waals surface area contributed by atoms with Crippen molar-refractivity contribution in [2.45, 2.75) is 17.3 Å². The van der Waals surface area contributed by atoms with Crippen molar-refractivity contribution in [1.82, 2.24) is 14.5 Å². The molecule has 5 nitrogen and oxygen atoms in total. The SMILES string of the molecule is O=C1/C(=C\c2cccs2)SC(=S)N1CCC(=O)n1c(SCc2ccc(Cl)cc2)nc2ccccc21. The molecule has 0 atom stereocenters. The summed E-state index contributed by atoms with van der Waals surface area (Å²) in [5.41, 5.74) is 2.59. The average Bonchev–Trinajstić information content (AvgIpc) is 3.56. The van der Waals surface area contributed by atoms with Crippen LogP contribution in [0.1, 0.15) is 21.7 Å². The molecule has 0 N–H and O–H groups in total. The van der Waals surface area contributed by atoms with Gasteiger partial charge in [-0.05, 0) is 47.4 Å². The van der Waals surface area contributed by atoms with Gasteiger partial charge in [-0.15, -0.1) is 11.3 Å². The summed E-state index contributed by atoms with van der Waals surface area (Å²) >= 11 is 15.8. The van der Waals surface area contributed by atoms with Crippen molar-refractivity contribution in [3.05, 3.63) is 86.4 Å². The lowest BCUT2D eigenvalue weighted by Crippen LogP contribution is -2.31. The van der Waals surface area contributed by atoms with Crippen molar-refractivity contribution in [2.24, 2.45) is 0 Å². The first-order chi connectivity index (χ1) is 17.0. The quantitative estimate of drug-likeness (QED) is 0.139. The second-order valence-corrected chi connectivity index (χ2v) is 11.7. The minimum atomic E-state index is -0.158. The summed E-state index contributed by atoms with van der Waals surface area (Å²) in [5, 5.41) is 3.26. The Balaban J connectivity index is 1.33. The molecule has 2 aromatic heterocycles. The van der Waals surface area contributed by atoms with Gasteiger partial charge in [0.2, 0.25) is 5.91 Å². The molecule has 0 spiro atoms. The van der Waals surface area contributed by atoms with E-state index in [-0.39, 0.29) is 24.8 Å². The van der Waals surface area contributed by atoms with Crippen LogP contribution in [0.2, 0.25) is 5.02 Å². The predicted octanol–water partition coefficient (Wildman–Crippen LogP) is 6.98. The van der Waals surface area contributed by atoms with E-state index in [1.165, 1.54) is 28.4 Å². The maximum atomic E-state index is 13.4. The van der Waals surface area contributed by atoms with Crippen LogP contribution in [0.25, 0.3) is 17.1 Å². The molecule has 4 aromatic rings. The number of hydrogen-bond acceptors (Lipinski definition) is 7. The molecule has 176 valence electrons. The third-order valence-corrected chi connectivity index (χ3v) is 8.76. The Labute approximate surface area is 225 Å². The number of halogens is 1. The highest BCUT2D eigenvalue weighted by atomic mass is 35.5. The summed E-state index contributed by atoms with van der Waals surface area (Å²) < 4.78 is 2.12. The Morgan fingerprint density at radius 1 is 1.11 bits per heavy atom. The molecule has 35 heavy (non-hydrogen) atoms. The highest BCUT2D eigenvalue weighted by Crippen LogP contribution is 2.34. The number of thiophene rings is 1. The lowest BCUT2D eigenvalue weighted by atomic mass is 10.2. The summed E-state index contributed by atoms with van der Waals surface area (Å²) in [6.07, 6.45) is 1.98. The van der Waals surface area contributed by atoms with E-state index in [4.69, 9.17) is 28.8 Å².